The molecule has 2 aliphatic rings. The third kappa shape index (κ3) is 1.74. The average molecular weight is 277 g/mol. The second-order valence-electron chi connectivity index (χ2n) is 4.89. The monoisotopic (exact) mass is 277 g/mol. The normalized spacial score (nSPS) is 21.9. The van der Waals surface area contributed by atoms with Gasteiger partial charge in [-0.15, -0.1) is 0 Å². The maximum Gasteiger partial charge on any atom is 0.257 e. The lowest BCUT2D eigenvalue weighted by Gasteiger charge is -2.29. The van der Waals surface area contributed by atoms with E-state index in [1.165, 1.54) is 17.0 Å². The smallest absolute Gasteiger partial charge is 0.257 e. The van der Waals surface area contributed by atoms with E-state index in [1.54, 1.807) is 0 Å². The van der Waals surface area contributed by atoms with Crippen LogP contribution in [0.1, 0.15) is 28.8 Å². The van der Waals surface area contributed by atoms with Crippen LogP contribution in [0.3, 0.4) is 0 Å². The Bertz CT molecular complexity index is 644. The number of anilines is 1. The third-order valence-corrected chi connectivity index (χ3v) is 3.68. The molecule has 1 atom stereocenters. The molecule has 3 N–H and O–H groups in total. The van der Waals surface area contributed by atoms with E-state index in [4.69, 9.17) is 5.73 Å². The number of nitrogen functional groups attached to an aromatic ring is 1. The number of fused-ring (bicyclic) bond motifs is 1. The zero-order chi connectivity index (χ0) is 14.4. The highest BCUT2D eigenvalue weighted by molar-refractivity contribution is 6.07. The summed E-state index contributed by atoms with van der Waals surface area (Å²) in [5, 5.41) is 2.19. The summed E-state index contributed by atoms with van der Waals surface area (Å²) in [6.45, 7) is -0.00266. The molecule has 20 heavy (non-hydrogen) atoms. The van der Waals surface area contributed by atoms with Gasteiger partial charge in [0.05, 0.1) is 12.1 Å². The van der Waals surface area contributed by atoms with Crippen molar-refractivity contribution in [1.29, 1.82) is 0 Å². The second kappa shape index (κ2) is 4.29. The Kier molecular flexibility index (Phi) is 2.70. The summed E-state index contributed by atoms with van der Waals surface area (Å²) < 4.78 is 13.8. The quantitative estimate of drug-likeness (QED) is 0.565. The number of rotatable bonds is 1. The highest BCUT2D eigenvalue weighted by Crippen LogP contribution is 2.32. The predicted octanol–water partition coefficient (Wildman–Crippen LogP) is 0.169. The molecule has 1 fully saturated rings. The summed E-state index contributed by atoms with van der Waals surface area (Å²) >= 11 is 0. The van der Waals surface area contributed by atoms with E-state index in [0.717, 1.165) is 0 Å². The van der Waals surface area contributed by atoms with E-state index in [-0.39, 0.29) is 42.1 Å². The van der Waals surface area contributed by atoms with Gasteiger partial charge in [-0.2, -0.15) is 0 Å². The standard InChI is InChI=1S/C13H12FN3O3/c14-7-1-2-8(15)11-6(7)5-17(13(11)20)9-3-4-10(18)16-12(9)19/h1-2,9H,3-5,15H2,(H,16,18,19). The Morgan fingerprint density at radius 3 is 2.70 bits per heavy atom. The highest BCUT2D eigenvalue weighted by atomic mass is 19.1. The number of benzene rings is 1. The predicted molar refractivity (Wildman–Crippen MR) is 66.9 cm³/mol. The highest BCUT2D eigenvalue weighted by Gasteiger charge is 2.40. The van der Waals surface area contributed by atoms with E-state index < -0.39 is 23.7 Å². The van der Waals surface area contributed by atoms with Crippen molar-refractivity contribution in [3.8, 4) is 0 Å². The van der Waals surface area contributed by atoms with Gasteiger partial charge < -0.3 is 10.6 Å². The van der Waals surface area contributed by atoms with Crippen LogP contribution in [0.15, 0.2) is 12.1 Å². The minimum atomic E-state index is -0.758. The summed E-state index contributed by atoms with van der Waals surface area (Å²) in [7, 11) is 0. The van der Waals surface area contributed by atoms with Crippen LogP contribution in [-0.2, 0) is 16.1 Å². The van der Waals surface area contributed by atoms with Crippen molar-refractivity contribution < 1.29 is 18.8 Å². The number of halogens is 1. The number of nitrogens with zero attached hydrogens (tertiary/aromatic N) is 1. The molecule has 6 nitrogen and oxygen atoms in total. The Hall–Kier alpha value is -2.44. The Morgan fingerprint density at radius 1 is 1.30 bits per heavy atom. The molecule has 1 saturated heterocycles. The maximum absolute atomic E-state index is 13.8. The summed E-state index contributed by atoms with van der Waals surface area (Å²) in [4.78, 5) is 36.5. The number of carbonyl (C=O) groups is 3. The van der Waals surface area contributed by atoms with Crippen LogP contribution in [0.2, 0.25) is 0 Å². The van der Waals surface area contributed by atoms with E-state index >= 15 is 0 Å². The minimum absolute atomic E-state index is 0.00266. The van der Waals surface area contributed by atoms with Gasteiger partial charge in [-0.05, 0) is 18.6 Å². The van der Waals surface area contributed by atoms with Gasteiger partial charge in [-0.3, -0.25) is 19.7 Å². The van der Waals surface area contributed by atoms with Gasteiger partial charge in [0, 0.05) is 17.7 Å². The largest absolute Gasteiger partial charge is 0.398 e. The molecule has 1 aromatic carbocycles. The summed E-state index contributed by atoms with van der Waals surface area (Å²) in [6, 6.07) is 1.78. The Balaban J connectivity index is 1.94. The van der Waals surface area contributed by atoms with Crippen LogP contribution >= 0.6 is 0 Å². The summed E-state index contributed by atoms with van der Waals surface area (Å²) in [5.74, 6) is -1.87. The number of nitrogens with one attached hydrogen (secondary N) is 1. The van der Waals surface area contributed by atoms with Crippen molar-refractivity contribution in [1.82, 2.24) is 10.2 Å². The van der Waals surface area contributed by atoms with E-state index in [9.17, 15) is 18.8 Å². The second-order valence-corrected chi connectivity index (χ2v) is 4.89. The van der Waals surface area contributed by atoms with Gasteiger partial charge in [-0.25, -0.2) is 4.39 Å². The maximum atomic E-state index is 13.8. The lowest BCUT2D eigenvalue weighted by Crippen LogP contribution is -2.52. The fourth-order valence-electron chi connectivity index (χ4n) is 2.66. The molecule has 1 aromatic rings. The van der Waals surface area contributed by atoms with E-state index in [0.29, 0.717) is 0 Å². The van der Waals surface area contributed by atoms with Crippen LogP contribution in [0.4, 0.5) is 10.1 Å². The number of imide groups is 1. The fourth-order valence-corrected chi connectivity index (χ4v) is 2.66. The first-order chi connectivity index (χ1) is 9.49. The topological polar surface area (TPSA) is 92.5 Å². The molecule has 3 rings (SSSR count). The van der Waals surface area contributed by atoms with Crippen molar-refractivity contribution in [2.45, 2.75) is 25.4 Å². The number of hydrogen-bond acceptors (Lipinski definition) is 4. The first-order valence-corrected chi connectivity index (χ1v) is 6.20. The van der Waals surface area contributed by atoms with Gasteiger partial charge in [0.2, 0.25) is 11.8 Å². The molecule has 0 aromatic heterocycles. The van der Waals surface area contributed by atoms with E-state index in [1.807, 2.05) is 0 Å². The zero-order valence-electron chi connectivity index (χ0n) is 10.5. The van der Waals surface area contributed by atoms with Crippen molar-refractivity contribution in [2.75, 3.05) is 5.73 Å². The van der Waals surface area contributed by atoms with Crippen molar-refractivity contribution in [2.24, 2.45) is 0 Å². The van der Waals surface area contributed by atoms with Gasteiger partial charge in [0.25, 0.3) is 5.91 Å². The number of carbonyl (C=O) groups excluding carboxylic acids is 3. The van der Waals surface area contributed by atoms with E-state index in [2.05, 4.69) is 5.32 Å². The SMILES string of the molecule is Nc1ccc(F)c2c1C(=O)N(C1CCC(=O)NC1=O)C2. The zero-order valence-corrected chi connectivity index (χ0v) is 10.5. The Labute approximate surface area is 113 Å². The molecule has 0 bridgehead atoms. The Morgan fingerprint density at radius 2 is 2.05 bits per heavy atom. The molecular formula is C13H12FN3O3. The number of piperidine rings is 1. The van der Waals surface area contributed by atoms with Crippen molar-refractivity contribution >= 4 is 23.4 Å². The minimum Gasteiger partial charge on any atom is -0.398 e. The molecule has 0 radical (unpaired) electrons. The third-order valence-electron chi connectivity index (χ3n) is 3.68. The molecule has 2 heterocycles. The number of hydrogen-bond donors (Lipinski definition) is 2. The van der Waals surface area contributed by atoms with Gasteiger partial charge in [0.15, 0.2) is 0 Å². The van der Waals surface area contributed by atoms with Crippen LogP contribution in [0.25, 0.3) is 0 Å². The molecule has 7 heteroatoms. The summed E-state index contributed by atoms with van der Waals surface area (Å²) in [5.41, 5.74) is 6.23. The average Bonchev–Trinajstić information content (AvgIpc) is 2.73. The van der Waals surface area contributed by atoms with Crippen LogP contribution in [0.5, 0.6) is 0 Å². The molecule has 3 amide bonds. The molecule has 104 valence electrons. The van der Waals surface area contributed by atoms with Crippen LogP contribution in [-0.4, -0.2) is 28.7 Å². The first-order valence-electron chi connectivity index (χ1n) is 6.20. The lowest BCUT2D eigenvalue weighted by molar-refractivity contribution is -0.136. The van der Waals surface area contributed by atoms with Crippen molar-refractivity contribution in [3.05, 3.63) is 29.1 Å². The molecule has 1 unspecified atom stereocenters. The first kappa shape index (κ1) is 12.6. The van der Waals surface area contributed by atoms with Crippen LogP contribution in [0, 0.1) is 5.82 Å². The van der Waals surface area contributed by atoms with Crippen LogP contribution < -0.4 is 11.1 Å². The molecule has 2 aliphatic heterocycles. The molecule has 0 aliphatic carbocycles. The molecular weight excluding hydrogens is 265 g/mol. The number of amides is 3. The molecule has 0 saturated carbocycles. The molecule has 0 spiro atoms. The summed E-state index contributed by atoms with van der Waals surface area (Å²) in [6.07, 6.45) is 0.403. The van der Waals surface area contributed by atoms with Gasteiger partial charge in [0.1, 0.15) is 11.9 Å². The fraction of sp³-hybridized carbons (Fsp3) is 0.308. The van der Waals surface area contributed by atoms with Gasteiger partial charge >= 0.3 is 0 Å². The van der Waals surface area contributed by atoms with Crippen molar-refractivity contribution in [3.63, 3.8) is 0 Å². The number of nitrogens with two attached hydrogens (primary N) is 1. The van der Waals surface area contributed by atoms with Gasteiger partial charge in [-0.1, -0.05) is 0 Å². The lowest BCUT2D eigenvalue weighted by atomic mass is 10.0.